The Bertz CT molecular complexity index is 424. The first kappa shape index (κ1) is 15.8. The first-order chi connectivity index (χ1) is 9.71. The number of aromatic nitrogens is 2. The van der Waals surface area contributed by atoms with Crippen LogP contribution in [0, 0.1) is 0 Å². The zero-order valence-electron chi connectivity index (χ0n) is 13.0. The summed E-state index contributed by atoms with van der Waals surface area (Å²) in [7, 11) is 0. The molecular weight excluding hydrogens is 272 g/mol. The van der Waals surface area contributed by atoms with Gasteiger partial charge in [0.25, 0.3) is 0 Å². The SMILES string of the molecule is CCc1nn(CCC2CCCO2)c(CC)c1C(Cl)CC. The number of rotatable bonds is 7. The molecule has 2 atom stereocenters. The van der Waals surface area contributed by atoms with Crippen molar-refractivity contribution < 1.29 is 4.74 Å². The summed E-state index contributed by atoms with van der Waals surface area (Å²) in [6.07, 6.45) is 6.80. The third kappa shape index (κ3) is 3.37. The predicted molar refractivity (Wildman–Crippen MR) is 83.5 cm³/mol. The largest absolute Gasteiger partial charge is 0.378 e. The fourth-order valence-electron chi connectivity index (χ4n) is 3.09. The van der Waals surface area contributed by atoms with Crippen molar-refractivity contribution in [2.75, 3.05) is 6.61 Å². The van der Waals surface area contributed by atoms with Crippen molar-refractivity contribution in [2.24, 2.45) is 0 Å². The van der Waals surface area contributed by atoms with Crippen LogP contribution in [0.1, 0.15) is 68.8 Å². The topological polar surface area (TPSA) is 27.1 Å². The molecule has 4 heteroatoms. The molecule has 0 radical (unpaired) electrons. The summed E-state index contributed by atoms with van der Waals surface area (Å²) in [4.78, 5) is 0. The Labute approximate surface area is 127 Å². The van der Waals surface area contributed by atoms with Crippen LogP contribution >= 0.6 is 11.6 Å². The van der Waals surface area contributed by atoms with E-state index in [-0.39, 0.29) is 5.38 Å². The third-order valence-electron chi connectivity index (χ3n) is 4.20. The van der Waals surface area contributed by atoms with Gasteiger partial charge in [-0.05, 0) is 38.5 Å². The molecule has 1 aliphatic rings. The number of ether oxygens (including phenoxy) is 1. The van der Waals surface area contributed by atoms with Gasteiger partial charge in [0.15, 0.2) is 0 Å². The number of hydrogen-bond donors (Lipinski definition) is 0. The van der Waals surface area contributed by atoms with Gasteiger partial charge in [-0.1, -0.05) is 20.8 Å². The second-order valence-electron chi connectivity index (χ2n) is 5.54. The van der Waals surface area contributed by atoms with Crippen molar-refractivity contribution in [1.29, 1.82) is 0 Å². The van der Waals surface area contributed by atoms with Crippen LogP contribution in [0.3, 0.4) is 0 Å². The number of halogens is 1. The lowest BCUT2D eigenvalue weighted by Gasteiger charge is -2.13. The van der Waals surface area contributed by atoms with Crippen molar-refractivity contribution in [3.63, 3.8) is 0 Å². The molecule has 0 saturated carbocycles. The summed E-state index contributed by atoms with van der Waals surface area (Å²) in [6, 6.07) is 0. The lowest BCUT2D eigenvalue weighted by molar-refractivity contribution is 0.0992. The minimum absolute atomic E-state index is 0.0939. The van der Waals surface area contributed by atoms with E-state index in [2.05, 4.69) is 25.5 Å². The standard InChI is InChI=1S/C16H27ClN2O/c1-4-13(17)16-14(5-2)18-19(15(16)6-3)10-9-12-8-7-11-20-12/h12-13H,4-11H2,1-3H3. The highest BCUT2D eigenvalue weighted by molar-refractivity contribution is 6.20. The first-order valence-corrected chi connectivity index (χ1v) is 8.48. The molecule has 0 amide bonds. The van der Waals surface area contributed by atoms with E-state index in [4.69, 9.17) is 21.4 Å². The number of alkyl halides is 1. The first-order valence-electron chi connectivity index (χ1n) is 8.05. The van der Waals surface area contributed by atoms with Crippen LogP contribution in [0.2, 0.25) is 0 Å². The minimum atomic E-state index is 0.0939. The van der Waals surface area contributed by atoms with Crippen LogP contribution in [0.25, 0.3) is 0 Å². The average Bonchev–Trinajstić information content (AvgIpc) is 3.10. The molecule has 114 valence electrons. The Morgan fingerprint density at radius 1 is 1.35 bits per heavy atom. The summed E-state index contributed by atoms with van der Waals surface area (Å²) in [5.74, 6) is 0. The van der Waals surface area contributed by atoms with Gasteiger partial charge in [0.2, 0.25) is 0 Å². The molecule has 0 aliphatic carbocycles. The van der Waals surface area contributed by atoms with Gasteiger partial charge in [-0.15, -0.1) is 11.6 Å². The van der Waals surface area contributed by atoms with Crippen molar-refractivity contribution in [3.8, 4) is 0 Å². The van der Waals surface area contributed by atoms with Crippen LogP contribution in [0.15, 0.2) is 0 Å². The minimum Gasteiger partial charge on any atom is -0.378 e. The molecular formula is C16H27ClN2O. The molecule has 1 fully saturated rings. The van der Waals surface area contributed by atoms with E-state index in [1.165, 1.54) is 29.8 Å². The highest BCUT2D eigenvalue weighted by atomic mass is 35.5. The monoisotopic (exact) mass is 298 g/mol. The Morgan fingerprint density at radius 2 is 2.15 bits per heavy atom. The molecule has 0 N–H and O–H groups in total. The molecule has 1 aromatic rings. The molecule has 0 spiro atoms. The smallest absolute Gasteiger partial charge is 0.0671 e. The summed E-state index contributed by atoms with van der Waals surface area (Å²) in [5, 5.41) is 4.90. The van der Waals surface area contributed by atoms with Gasteiger partial charge < -0.3 is 4.74 Å². The van der Waals surface area contributed by atoms with Gasteiger partial charge in [0.1, 0.15) is 0 Å². The quantitative estimate of drug-likeness (QED) is 0.703. The second kappa shape index (κ2) is 7.46. The second-order valence-corrected chi connectivity index (χ2v) is 6.06. The van der Waals surface area contributed by atoms with Gasteiger partial charge in [0.05, 0.1) is 17.2 Å². The van der Waals surface area contributed by atoms with E-state index >= 15 is 0 Å². The van der Waals surface area contributed by atoms with Gasteiger partial charge in [-0.2, -0.15) is 5.10 Å². The van der Waals surface area contributed by atoms with Crippen molar-refractivity contribution >= 4 is 11.6 Å². The van der Waals surface area contributed by atoms with Crippen LogP contribution in [0.4, 0.5) is 0 Å². The molecule has 2 heterocycles. The van der Waals surface area contributed by atoms with E-state index in [1.54, 1.807) is 0 Å². The molecule has 2 rings (SSSR count). The maximum atomic E-state index is 6.52. The summed E-state index contributed by atoms with van der Waals surface area (Å²) in [5.41, 5.74) is 3.78. The summed E-state index contributed by atoms with van der Waals surface area (Å²) < 4.78 is 7.89. The van der Waals surface area contributed by atoms with Crippen LogP contribution in [-0.4, -0.2) is 22.5 Å². The molecule has 0 bridgehead atoms. The van der Waals surface area contributed by atoms with Crippen LogP contribution < -0.4 is 0 Å². The lowest BCUT2D eigenvalue weighted by Crippen LogP contribution is -2.13. The Balaban J connectivity index is 2.16. The highest BCUT2D eigenvalue weighted by Gasteiger charge is 2.22. The maximum absolute atomic E-state index is 6.52. The molecule has 20 heavy (non-hydrogen) atoms. The lowest BCUT2D eigenvalue weighted by atomic mass is 10.0. The maximum Gasteiger partial charge on any atom is 0.0671 e. The molecule has 1 aromatic heterocycles. The van der Waals surface area contributed by atoms with E-state index in [1.807, 2.05) is 0 Å². The van der Waals surface area contributed by atoms with Gasteiger partial charge in [-0.25, -0.2) is 0 Å². The Kier molecular flexibility index (Phi) is 5.91. The number of hydrogen-bond acceptors (Lipinski definition) is 2. The van der Waals surface area contributed by atoms with Crippen molar-refractivity contribution in [1.82, 2.24) is 9.78 Å². The predicted octanol–water partition coefficient (Wildman–Crippen LogP) is 4.27. The molecule has 1 saturated heterocycles. The molecule has 3 nitrogen and oxygen atoms in total. The average molecular weight is 299 g/mol. The number of nitrogens with zero attached hydrogens (tertiary/aromatic N) is 2. The highest BCUT2D eigenvalue weighted by Crippen LogP contribution is 2.31. The Morgan fingerprint density at radius 3 is 2.70 bits per heavy atom. The van der Waals surface area contributed by atoms with E-state index in [9.17, 15) is 0 Å². The Hall–Kier alpha value is -0.540. The molecule has 1 aliphatic heterocycles. The normalized spacial score (nSPS) is 20.5. The summed E-state index contributed by atoms with van der Waals surface area (Å²) >= 11 is 6.52. The van der Waals surface area contributed by atoms with Crippen LogP contribution in [0.5, 0.6) is 0 Å². The third-order valence-corrected chi connectivity index (χ3v) is 4.73. The fraction of sp³-hybridized carbons (Fsp3) is 0.812. The van der Waals surface area contributed by atoms with Crippen LogP contribution in [-0.2, 0) is 24.1 Å². The molecule has 2 unspecified atom stereocenters. The zero-order valence-corrected chi connectivity index (χ0v) is 13.7. The van der Waals surface area contributed by atoms with Gasteiger partial charge in [0, 0.05) is 24.4 Å². The van der Waals surface area contributed by atoms with Gasteiger partial charge >= 0.3 is 0 Å². The van der Waals surface area contributed by atoms with Gasteiger partial charge in [-0.3, -0.25) is 4.68 Å². The van der Waals surface area contributed by atoms with Crippen molar-refractivity contribution in [2.45, 2.75) is 77.3 Å². The zero-order chi connectivity index (χ0) is 14.5. The fourth-order valence-corrected chi connectivity index (χ4v) is 3.34. The number of aryl methyl sites for hydroxylation is 2. The van der Waals surface area contributed by atoms with E-state index < -0.39 is 0 Å². The van der Waals surface area contributed by atoms with E-state index in [0.717, 1.165) is 38.8 Å². The summed E-state index contributed by atoms with van der Waals surface area (Å²) in [6.45, 7) is 8.38. The van der Waals surface area contributed by atoms with Crippen molar-refractivity contribution in [3.05, 3.63) is 17.0 Å². The molecule has 0 aromatic carbocycles. The van der Waals surface area contributed by atoms with E-state index in [0.29, 0.717) is 6.10 Å².